The van der Waals surface area contributed by atoms with Gasteiger partial charge < -0.3 is 9.88 Å². The van der Waals surface area contributed by atoms with E-state index >= 15 is 0 Å². The van der Waals surface area contributed by atoms with Crippen molar-refractivity contribution in [2.24, 2.45) is 0 Å². The van der Waals surface area contributed by atoms with Crippen LogP contribution in [0.5, 0.6) is 0 Å². The highest BCUT2D eigenvalue weighted by Gasteiger charge is 2.29. The first-order valence-electron chi connectivity index (χ1n) is 5.68. The minimum Gasteiger partial charge on any atom is -0.330 e. The maximum Gasteiger partial charge on any atom is 0.112 e. The fraction of sp³-hybridized carbons (Fsp3) is 0.727. The minimum absolute atomic E-state index is 0.654. The Kier molecular flexibility index (Phi) is 2.05. The van der Waals surface area contributed by atoms with Crippen molar-refractivity contribution in [1.29, 1.82) is 0 Å². The number of hydrogen-bond donors (Lipinski definition) is 1. The standard InChI is InChI=1S/C11H17N3/c1-2-10(8-12-5-1)14-7-6-13-11(14)9-3-4-9/h6-7,9-10,12H,1-5,8H2. The molecule has 1 aromatic heterocycles. The molecule has 1 atom stereocenters. The average Bonchev–Trinajstić information content (AvgIpc) is 2.98. The normalized spacial score (nSPS) is 27.9. The summed E-state index contributed by atoms with van der Waals surface area (Å²) in [6.45, 7) is 2.31. The van der Waals surface area contributed by atoms with E-state index in [-0.39, 0.29) is 0 Å². The summed E-state index contributed by atoms with van der Waals surface area (Å²) in [4.78, 5) is 4.49. The first kappa shape index (κ1) is 8.48. The molecule has 0 bridgehead atoms. The number of imidazole rings is 1. The fourth-order valence-electron chi connectivity index (χ4n) is 2.36. The topological polar surface area (TPSA) is 29.9 Å². The van der Waals surface area contributed by atoms with Crippen LogP contribution in [0.1, 0.15) is 43.5 Å². The Balaban J connectivity index is 1.82. The third-order valence-corrected chi connectivity index (χ3v) is 3.31. The number of rotatable bonds is 2. The van der Waals surface area contributed by atoms with Crippen LogP contribution in [-0.2, 0) is 0 Å². The van der Waals surface area contributed by atoms with Crippen LogP contribution in [0.25, 0.3) is 0 Å². The lowest BCUT2D eigenvalue weighted by Gasteiger charge is -2.25. The zero-order valence-electron chi connectivity index (χ0n) is 8.45. The minimum atomic E-state index is 0.654. The fourth-order valence-corrected chi connectivity index (χ4v) is 2.36. The van der Waals surface area contributed by atoms with Crippen molar-refractivity contribution < 1.29 is 0 Å². The van der Waals surface area contributed by atoms with Gasteiger partial charge in [0.2, 0.25) is 0 Å². The Morgan fingerprint density at radius 3 is 3.00 bits per heavy atom. The summed E-state index contributed by atoms with van der Waals surface area (Å²) in [5, 5.41) is 3.46. The molecular formula is C11H17N3. The van der Waals surface area contributed by atoms with Crippen LogP contribution in [0.4, 0.5) is 0 Å². The molecule has 0 radical (unpaired) electrons. The summed E-state index contributed by atoms with van der Waals surface area (Å²) in [7, 11) is 0. The Morgan fingerprint density at radius 2 is 2.29 bits per heavy atom. The van der Waals surface area contributed by atoms with E-state index in [1.54, 1.807) is 0 Å². The summed E-state index contributed by atoms with van der Waals surface area (Å²) in [6, 6.07) is 0.654. The molecule has 1 saturated carbocycles. The van der Waals surface area contributed by atoms with Crippen molar-refractivity contribution >= 4 is 0 Å². The zero-order valence-corrected chi connectivity index (χ0v) is 8.45. The molecule has 76 valence electrons. The van der Waals surface area contributed by atoms with Crippen LogP contribution >= 0.6 is 0 Å². The number of nitrogens with zero attached hydrogens (tertiary/aromatic N) is 2. The van der Waals surface area contributed by atoms with Crippen molar-refractivity contribution in [3.05, 3.63) is 18.2 Å². The number of piperidine rings is 1. The van der Waals surface area contributed by atoms with E-state index in [0.717, 1.165) is 12.5 Å². The second-order valence-corrected chi connectivity index (χ2v) is 4.47. The Bertz CT molecular complexity index is 308. The predicted octanol–water partition coefficient (Wildman–Crippen LogP) is 1.69. The third-order valence-electron chi connectivity index (χ3n) is 3.31. The zero-order chi connectivity index (χ0) is 9.38. The maximum atomic E-state index is 4.49. The summed E-state index contributed by atoms with van der Waals surface area (Å²) < 4.78 is 2.41. The largest absolute Gasteiger partial charge is 0.330 e. The van der Waals surface area contributed by atoms with Gasteiger partial charge in [-0.05, 0) is 32.2 Å². The quantitative estimate of drug-likeness (QED) is 0.771. The van der Waals surface area contributed by atoms with Crippen LogP contribution in [0.2, 0.25) is 0 Å². The maximum absolute atomic E-state index is 4.49. The predicted molar refractivity (Wildman–Crippen MR) is 55.3 cm³/mol. The summed E-state index contributed by atoms with van der Waals surface area (Å²) >= 11 is 0. The molecule has 14 heavy (non-hydrogen) atoms. The van der Waals surface area contributed by atoms with Crippen molar-refractivity contribution in [1.82, 2.24) is 14.9 Å². The van der Waals surface area contributed by atoms with E-state index in [1.807, 2.05) is 6.20 Å². The second kappa shape index (κ2) is 3.39. The van der Waals surface area contributed by atoms with E-state index in [1.165, 1.54) is 38.1 Å². The van der Waals surface area contributed by atoms with Crippen molar-refractivity contribution in [3.63, 3.8) is 0 Å². The second-order valence-electron chi connectivity index (χ2n) is 4.47. The molecule has 1 aliphatic heterocycles. The van der Waals surface area contributed by atoms with Crippen LogP contribution in [0, 0.1) is 0 Å². The Morgan fingerprint density at radius 1 is 1.36 bits per heavy atom. The van der Waals surface area contributed by atoms with Gasteiger partial charge in [-0.1, -0.05) is 0 Å². The van der Waals surface area contributed by atoms with Crippen LogP contribution in [0.15, 0.2) is 12.4 Å². The molecule has 1 aromatic rings. The van der Waals surface area contributed by atoms with Gasteiger partial charge in [0.15, 0.2) is 0 Å². The van der Waals surface area contributed by atoms with Gasteiger partial charge in [0.05, 0.1) is 0 Å². The summed E-state index contributed by atoms with van der Waals surface area (Å²) in [5.74, 6) is 2.10. The molecule has 0 aromatic carbocycles. The van der Waals surface area contributed by atoms with Crippen molar-refractivity contribution in [2.45, 2.75) is 37.6 Å². The molecule has 3 nitrogen and oxygen atoms in total. The lowest BCUT2D eigenvalue weighted by Crippen LogP contribution is -2.32. The van der Waals surface area contributed by atoms with Crippen LogP contribution in [-0.4, -0.2) is 22.6 Å². The molecule has 2 fully saturated rings. The van der Waals surface area contributed by atoms with Gasteiger partial charge in [-0.25, -0.2) is 4.98 Å². The van der Waals surface area contributed by atoms with Crippen LogP contribution in [0.3, 0.4) is 0 Å². The molecule has 1 saturated heterocycles. The molecular weight excluding hydrogens is 174 g/mol. The first-order valence-corrected chi connectivity index (χ1v) is 5.68. The summed E-state index contributed by atoms with van der Waals surface area (Å²) in [5.41, 5.74) is 0. The summed E-state index contributed by atoms with van der Waals surface area (Å²) in [6.07, 6.45) is 9.41. The van der Waals surface area contributed by atoms with Gasteiger partial charge in [-0.3, -0.25) is 0 Å². The van der Waals surface area contributed by atoms with Gasteiger partial charge >= 0.3 is 0 Å². The Hall–Kier alpha value is -0.830. The van der Waals surface area contributed by atoms with Crippen molar-refractivity contribution in [3.8, 4) is 0 Å². The molecule has 3 heteroatoms. The number of nitrogens with one attached hydrogen (secondary N) is 1. The highest BCUT2D eigenvalue weighted by molar-refractivity contribution is 5.09. The van der Waals surface area contributed by atoms with E-state index in [2.05, 4.69) is 21.1 Å². The average molecular weight is 191 g/mol. The monoisotopic (exact) mass is 191 g/mol. The Labute approximate surface area is 84.5 Å². The van der Waals surface area contributed by atoms with E-state index in [0.29, 0.717) is 6.04 Å². The van der Waals surface area contributed by atoms with Crippen LogP contribution < -0.4 is 5.32 Å². The van der Waals surface area contributed by atoms with Gasteiger partial charge in [0.25, 0.3) is 0 Å². The number of aromatic nitrogens is 2. The molecule has 1 unspecified atom stereocenters. The smallest absolute Gasteiger partial charge is 0.112 e. The molecule has 2 aliphatic rings. The van der Waals surface area contributed by atoms with E-state index in [4.69, 9.17) is 0 Å². The molecule has 0 amide bonds. The first-order chi connectivity index (χ1) is 6.95. The van der Waals surface area contributed by atoms with Gasteiger partial charge in [-0.2, -0.15) is 0 Å². The lowest BCUT2D eigenvalue weighted by molar-refractivity contribution is 0.363. The molecule has 1 aliphatic carbocycles. The lowest BCUT2D eigenvalue weighted by atomic mass is 10.1. The third kappa shape index (κ3) is 1.46. The molecule has 0 spiro atoms. The SMILES string of the molecule is c1cn(C2CCCNC2)c(C2CC2)n1. The van der Waals surface area contributed by atoms with E-state index in [9.17, 15) is 0 Å². The van der Waals surface area contributed by atoms with Crippen molar-refractivity contribution in [2.75, 3.05) is 13.1 Å². The highest BCUT2D eigenvalue weighted by Crippen LogP contribution is 2.40. The highest BCUT2D eigenvalue weighted by atomic mass is 15.1. The molecule has 2 heterocycles. The molecule has 3 rings (SSSR count). The van der Waals surface area contributed by atoms with Gasteiger partial charge in [0, 0.05) is 30.9 Å². The van der Waals surface area contributed by atoms with Gasteiger partial charge in [-0.15, -0.1) is 0 Å². The molecule has 1 N–H and O–H groups in total. The number of hydrogen-bond acceptors (Lipinski definition) is 2. The van der Waals surface area contributed by atoms with E-state index < -0.39 is 0 Å². The van der Waals surface area contributed by atoms with Gasteiger partial charge in [0.1, 0.15) is 5.82 Å².